The molecule has 0 saturated heterocycles. The number of halogens is 1. The zero-order chi connectivity index (χ0) is 18.4. The van der Waals surface area contributed by atoms with Crippen molar-refractivity contribution in [2.75, 3.05) is 0 Å². The van der Waals surface area contributed by atoms with Crippen LogP contribution in [-0.2, 0) is 14.4 Å². The number of hydrazine groups is 1. The van der Waals surface area contributed by atoms with Gasteiger partial charge < -0.3 is 5.11 Å². The summed E-state index contributed by atoms with van der Waals surface area (Å²) < 4.78 is 0. The minimum atomic E-state index is -1.06. The fourth-order valence-corrected chi connectivity index (χ4v) is 3.05. The van der Waals surface area contributed by atoms with Crippen molar-refractivity contribution in [2.45, 2.75) is 38.5 Å². The molecule has 0 heterocycles. The molecule has 134 valence electrons. The first-order valence-electron chi connectivity index (χ1n) is 8.08. The number of carbonyl (C=O) groups is 3. The lowest BCUT2D eigenvalue weighted by atomic mass is 9.75. The van der Waals surface area contributed by atoms with Gasteiger partial charge in [0.15, 0.2) is 0 Å². The molecule has 1 aliphatic rings. The van der Waals surface area contributed by atoms with Crippen molar-refractivity contribution in [3.8, 4) is 0 Å². The Bertz CT molecular complexity index is 685. The van der Waals surface area contributed by atoms with E-state index < -0.39 is 11.9 Å². The molecule has 2 unspecified atom stereocenters. The lowest BCUT2D eigenvalue weighted by Gasteiger charge is -2.30. The van der Waals surface area contributed by atoms with E-state index in [1.807, 2.05) is 25.1 Å². The van der Waals surface area contributed by atoms with Crippen LogP contribution >= 0.6 is 11.6 Å². The molecule has 2 atom stereocenters. The monoisotopic (exact) mass is 364 g/mol. The highest BCUT2D eigenvalue weighted by Gasteiger charge is 2.31. The van der Waals surface area contributed by atoms with Gasteiger partial charge in [-0.05, 0) is 43.4 Å². The van der Waals surface area contributed by atoms with Gasteiger partial charge in [0.25, 0.3) is 0 Å². The maximum atomic E-state index is 12.5. The van der Waals surface area contributed by atoms with Gasteiger partial charge in [-0.2, -0.15) is 0 Å². The summed E-state index contributed by atoms with van der Waals surface area (Å²) in [6.45, 7) is 2.03. The summed E-state index contributed by atoms with van der Waals surface area (Å²) in [6, 6.07) is 7.43. The fraction of sp³-hybridized carbons (Fsp3) is 0.389. The normalized spacial score (nSPS) is 19.7. The van der Waals surface area contributed by atoms with Gasteiger partial charge in [0.05, 0.1) is 12.3 Å². The number of hydrogen-bond acceptors (Lipinski definition) is 3. The summed E-state index contributed by atoms with van der Waals surface area (Å²) >= 11 is 5.93. The number of hydrogen-bond donors (Lipinski definition) is 3. The van der Waals surface area contributed by atoms with E-state index in [4.69, 9.17) is 16.7 Å². The number of rotatable bonds is 5. The quantitative estimate of drug-likeness (QED) is 0.553. The number of carbonyl (C=O) groups excluding carboxylic acids is 2. The second-order valence-corrected chi connectivity index (χ2v) is 6.62. The van der Waals surface area contributed by atoms with Gasteiger partial charge in [-0.1, -0.05) is 35.4 Å². The molecule has 2 amide bonds. The van der Waals surface area contributed by atoms with Crippen LogP contribution in [0.5, 0.6) is 0 Å². The standard InChI is InChI=1S/C18H21ClN2O4/c1-11-2-7-14(15(10-11)12-3-5-13(19)6-4-12)18(25)21-20-16(22)8-9-17(23)24/h2-6,14-15H,7-10H2,1H3,(H,20,22)(H,21,25)(H,23,24). The Morgan fingerprint density at radius 2 is 1.84 bits per heavy atom. The van der Waals surface area contributed by atoms with Gasteiger partial charge in [-0.3, -0.25) is 25.2 Å². The molecule has 0 saturated carbocycles. The number of allylic oxidation sites excluding steroid dienone is 2. The first kappa shape index (κ1) is 19.0. The zero-order valence-corrected chi connectivity index (χ0v) is 14.7. The van der Waals surface area contributed by atoms with E-state index in [1.165, 1.54) is 5.57 Å². The molecule has 2 rings (SSSR count). The molecule has 3 N–H and O–H groups in total. The van der Waals surface area contributed by atoms with Crippen molar-refractivity contribution in [1.82, 2.24) is 10.9 Å². The number of aliphatic carboxylic acids is 1. The molecular formula is C18H21ClN2O4. The van der Waals surface area contributed by atoms with Gasteiger partial charge in [0, 0.05) is 11.4 Å². The van der Waals surface area contributed by atoms with E-state index in [2.05, 4.69) is 10.9 Å². The van der Waals surface area contributed by atoms with Crippen molar-refractivity contribution in [2.24, 2.45) is 5.92 Å². The third-order valence-electron chi connectivity index (χ3n) is 4.27. The molecular weight excluding hydrogens is 344 g/mol. The summed E-state index contributed by atoms with van der Waals surface area (Å²) in [6.07, 6.45) is 2.91. The Morgan fingerprint density at radius 1 is 1.16 bits per heavy atom. The Morgan fingerprint density at radius 3 is 2.48 bits per heavy atom. The maximum absolute atomic E-state index is 12.5. The van der Waals surface area contributed by atoms with Gasteiger partial charge in [0.2, 0.25) is 11.8 Å². The highest BCUT2D eigenvalue weighted by atomic mass is 35.5. The Hall–Kier alpha value is -2.34. The molecule has 0 aromatic heterocycles. The predicted octanol–water partition coefficient (Wildman–Crippen LogP) is 2.79. The minimum absolute atomic E-state index is 0.00168. The SMILES string of the molecule is CC1=CCC(C(=O)NNC(=O)CCC(=O)O)C(c2ccc(Cl)cc2)C1. The Labute approximate surface area is 151 Å². The smallest absolute Gasteiger partial charge is 0.303 e. The van der Waals surface area contributed by atoms with E-state index in [-0.39, 0.29) is 30.6 Å². The molecule has 0 fully saturated rings. The van der Waals surface area contributed by atoms with Crippen LogP contribution in [0.4, 0.5) is 0 Å². The molecule has 7 heteroatoms. The summed E-state index contributed by atoms with van der Waals surface area (Å²) in [5.41, 5.74) is 6.94. The van der Waals surface area contributed by atoms with Crippen LogP contribution in [-0.4, -0.2) is 22.9 Å². The largest absolute Gasteiger partial charge is 0.481 e. The van der Waals surface area contributed by atoms with Gasteiger partial charge in [-0.15, -0.1) is 0 Å². The number of carboxylic acids is 1. The Kier molecular flexibility index (Phi) is 6.58. The number of benzene rings is 1. The highest BCUT2D eigenvalue weighted by Crippen LogP contribution is 2.37. The van der Waals surface area contributed by atoms with Crippen LogP contribution in [0.15, 0.2) is 35.9 Å². The molecule has 0 aliphatic heterocycles. The van der Waals surface area contributed by atoms with Crippen LogP contribution in [0.25, 0.3) is 0 Å². The third-order valence-corrected chi connectivity index (χ3v) is 4.53. The summed E-state index contributed by atoms with van der Waals surface area (Å²) in [5.74, 6) is -2.19. The van der Waals surface area contributed by atoms with Crippen LogP contribution in [0, 0.1) is 5.92 Å². The predicted molar refractivity (Wildman–Crippen MR) is 93.8 cm³/mol. The maximum Gasteiger partial charge on any atom is 0.303 e. The lowest BCUT2D eigenvalue weighted by Crippen LogP contribution is -2.46. The van der Waals surface area contributed by atoms with E-state index in [1.54, 1.807) is 12.1 Å². The van der Waals surface area contributed by atoms with Crippen LogP contribution < -0.4 is 10.9 Å². The van der Waals surface area contributed by atoms with Crippen molar-refractivity contribution < 1.29 is 19.5 Å². The highest BCUT2D eigenvalue weighted by molar-refractivity contribution is 6.30. The Balaban J connectivity index is 2.01. The van der Waals surface area contributed by atoms with Gasteiger partial charge >= 0.3 is 5.97 Å². The average molecular weight is 365 g/mol. The fourth-order valence-electron chi connectivity index (χ4n) is 2.92. The second-order valence-electron chi connectivity index (χ2n) is 6.19. The van der Waals surface area contributed by atoms with Crippen molar-refractivity contribution >= 4 is 29.4 Å². The zero-order valence-electron chi connectivity index (χ0n) is 13.9. The van der Waals surface area contributed by atoms with Crippen LogP contribution in [0.2, 0.25) is 5.02 Å². The van der Waals surface area contributed by atoms with Gasteiger partial charge in [0.1, 0.15) is 0 Å². The summed E-state index contributed by atoms with van der Waals surface area (Å²) in [4.78, 5) is 34.5. The second kappa shape index (κ2) is 8.67. The van der Waals surface area contributed by atoms with Crippen molar-refractivity contribution in [3.63, 3.8) is 0 Å². The van der Waals surface area contributed by atoms with Crippen molar-refractivity contribution in [1.29, 1.82) is 0 Å². The van der Waals surface area contributed by atoms with Crippen LogP contribution in [0.3, 0.4) is 0 Å². The molecule has 6 nitrogen and oxygen atoms in total. The van der Waals surface area contributed by atoms with Gasteiger partial charge in [-0.25, -0.2) is 0 Å². The van der Waals surface area contributed by atoms with Crippen molar-refractivity contribution in [3.05, 3.63) is 46.5 Å². The molecule has 0 radical (unpaired) electrons. The molecule has 0 spiro atoms. The van der Waals surface area contributed by atoms with E-state index >= 15 is 0 Å². The third kappa shape index (κ3) is 5.60. The minimum Gasteiger partial charge on any atom is -0.481 e. The molecule has 25 heavy (non-hydrogen) atoms. The molecule has 1 aromatic carbocycles. The first-order valence-corrected chi connectivity index (χ1v) is 8.46. The first-order chi connectivity index (χ1) is 11.9. The summed E-state index contributed by atoms with van der Waals surface area (Å²) in [5, 5.41) is 9.20. The van der Waals surface area contributed by atoms with Crippen LogP contribution in [0.1, 0.15) is 44.1 Å². The van der Waals surface area contributed by atoms with E-state index in [9.17, 15) is 14.4 Å². The molecule has 1 aromatic rings. The number of nitrogens with one attached hydrogen (secondary N) is 2. The summed E-state index contributed by atoms with van der Waals surface area (Å²) in [7, 11) is 0. The topological polar surface area (TPSA) is 95.5 Å². The van der Waals surface area contributed by atoms with E-state index in [0.29, 0.717) is 11.4 Å². The number of amides is 2. The average Bonchev–Trinajstić information content (AvgIpc) is 2.58. The lowest BCUT2D eigenvalue weighted by molar-refractivity contribution is -0.139. The molecule has 0 bridgehead atoms. The molecule has 1 aliphatic carbocycles. The number of carboxylic acid groups (broad SMARTS) is 1. The van der Waals surface area contributed by atoms with E-state index in [0.717, 1.165) is 12.0 Å².